The number of alkyl halides is 1. The average Bonchev–Trinajstić information content (AvgIpc) is 3.34. The predicted molar refractivity (Wildman–Crippen MR) is 111 cm³/mol. The van der Waals surface area contributed by atoms with Crippen molar-refractivity contribution in [3.8, 4) is 0 Å². The zero-order valence-electron chi connectivity index (χ0n) is 16.9. The van der Waals surface area contributed by atoms with Gasteiger partial charge in [-0.2, -0.15) is 4.98 Å². The number of nitrogens with one attached hydrogen (secondary N) is 1. The molecule has 3 atom stereocenters. The molecular formula is C20H18ClFN4O7. The number of carboxylic acids is 2. The summed E-state index contributed by atoms with van der Waals surface area (Å²) in [5, 5.41) is 19.1. The second-order valence-corrected chi connectivity index (χ2v) is 7.85. The molecule has 1 aromatic carbocycles. The number of carboxylic acid groups (broad SMARTS) is 2. The molecule has 0 amide bonds. The number of nitrogens with zero attached hydrogens (tertiary/aromatic N) is 3. The lowest BCUT2D eigenvalue weighted by Gasteiger charge is -2.27. The van der Waals surface area contributed by atoms with Crippen molar-refractivity contribution in [1.82, 2.24) is 19.5 Å². The molecule has 0 bridgehead atoms. The minimum Gasteiger partial charge on any atom is -0.479 e. The minimum atomic E-state index is -2.58. The summed E-state index contributed by atoms with van der Waals surface area (Å²) >= 11 is 5.78. The van der Waals surface area contributed by atoms with Gasteiger partial charge in [-0.25, -0.2) is 19.0 Å². The lowest BCUT2D eigenvalue weighted by atomic mass is 9.94. The van der Waals surface area contributed by atoms with Gasteiger partial charge in [-0.1, -0.05) is 30.3 Å². The van der Waals surface area contributed by atoms with E-state index < -0.39 is 54.6 Å². The summed E-state index contributed by atoms with van der Waals surface area (Å²) in [6.45, 7) is -0.496. The van der Waals surface area contributed by atoms with Gasteiger partial charge in [0, 0.05) is 12.8 Å². The van der Waals surface area contributed by atoms with Crippen LogP contribution in [0.1, 0.15) is 18.2 Å². The van der Waals surface area contributed by atoms with Gasteiger partial charge in [0.25, 0.3) is 11.2 Å². The molecule has 0 aliphatic carbocycles. The summed E-state index contributed by atoms with van der Waals surface area (Å²) in [4.78, 5) is 45.9. The number of carbonyl (C=O) groups is 2. The van der Waals surface area contributed by atoms with Crippen LogP contribution in [0.2, 0.25) is 5.28 Å². The van der Waals surface area contributed by atoms with Crippen LogP contribution < -0.4 is 5.56 Å². The Hall–Kier alpha value is -3.35. The van der Waals surface area contributed by atoms with E-state index in [9.17, 15) is 29.0 Å². The van der Waals surface area contributed by atoms with Crippen molar-refractivity contribution in [1.29, 1.82) is 0 Å². The highest BCUT2D eigenvalue weighted by Crippen LogP contribution is 2.34. The Morgan fingerprint density at radius 2 is 2.00 bits per heavy atom. The Morgan fingerprint density at radius 3 is 2.67 bits per heavy atom. The monoisotopic (exact) mass is 480 g/mol. The molecule has 0 spiro atoms. The van der Waals surface area contributed by atoms with E-state index >= 15 is 0 Å². The van der Waals surface area contributed by atoms with E-state index in [1.54, 1.807) is 30.3 Å². The number of H-pyrrole nitrogens is 1. The number of imidazole rings is 1. The molecule has 3 aromatic rings. The van der Waals surface area contributed by atoms with Gasteiger partial charge < -0.3 is 19.7 Å². The zero-order chi connectivity index (χ0) is 23.8. The van der Waals surface area contributed by atoms with Crippen LogP contribution in [0.4, 0.5) is 4.39 Å². The molecule has 13 heteroatoms. The number of halogens is 2. The maximum Gasteiger partial charge on any atom is 0.348 e. The molecule has 1 saturated heterocycles. The van der Waals surface area contributed by atoms with Crippen molar-refractivity contribution in [3.63, 3.8) is 0 Å². The molecule has 33 heavy (non-hydrogen) atoms. The van der Waals surface area contributed by atoms with Crippen LogP contribution in [-0.2, 0) is 25.5 Å². The van der Waals surface area contributed by atoms with E-state index in [-0.39, 0.29) is 22.9 Å². The summed E-state index contributed by atoms with van der Waals surface area (Å²) in [7, 11) is 0. The van der Waals surface area contributed by atoms with E-state index in [1.807, 2.05) is 0 Å². The van der Waals surface area contributed by atoms with Crippen LogP contribution >= 0.6 is 11.6 Å². The van der Waals surface area contributed by atoms with Gasteiger partial charge in [-0.05, 0) is 17.2 Å². The highest BCUT2D eigenvalue weighted by atomic mass is 35.5. The number of ether oxygens (including phenoxy) is 2. The third-order valence-electron chi connectivity index (χ3n) is 5.31. The fourth-order valence-electron chi connectivity index (χ4n) is 3.67. The molecule has 3 heterocycles. The SMILES string of the molecule is O=C(O)C(Cc1ccccc1)(OCC1CC(F)C(n2cnc3c(=O)[nH]c(Cl)nc32)O1)C(=O)O. The van der Waals surface area contributed by atoms with Crippen LogP contribution in [0.5, 0.6) is 0 Å². The molecule has 11 nitrogen and oxygen atoms in total. The van der Waals surface area contributed by atoms with Crippen LogP contribution in [-0.4, -0.2) is 66.2 Å². The summed E-state index contributed by atoms with van der Waals surface area (Å²) in [5.41, 5.74) is -2.81. The minimum absolute atomic E-state index is 0.00691. The highest BCUT2D eigenvalue weighted by Gasteiger charge is 2.49. The summed E-state index contributed by atoms with van der Waals surface area (Å²) in [6, 6.07) is 8.14. The van der Waals surface area contributed by atoms with Crippen molar-refractivity contribution < 1.29 is 33.7 Å². The molecule has 1 aliphatic heterocycles. The van der Waals surface area contributed by atoms with Crippen molar-refractivity contribution in [2.24, 2.45) is 0 Å². The van der Waals surface area contributed by atoms with E-state index in [1.165, 1.54) is 10.9 Å². The summed E-state index contributed by atoms with van der Waals surface area (Å²) in [5.74, 6) is -3.38. The van der Waals surface area contributed by atoms with E-state index in [0.717, 1.165) is 0 Å². The highest BCUT2D eigenvalue weighted by molar-refractivity contribution is 6.28. The van der Waals surface area contributed by atoms with Crippen LogP contribution in [0.25, 0.3) is 11.2 Å². The molecule has 1 aliphatic rings. The summed E-state index contributed by atoms with van der Waals surface area (Å²) < 4.78 is 27.0. The van der Waals surface area contributed by atoms with Gasteiger partial charge >= 0.3 is 11.9 Å². The van der Waals surface area contributed by atoms with Crippen LogP contribution in [0, 0.1) is 0 Å². The first kappa shape index (κ1) is 22.8. The molecule has 0 saturated carbocycles. The lowest BCUT2D eigenvalue weighted by molar-refractivity contribution is -0.188. The van der Waals surface area contributed by atoms with Crippen molar-refractivity contribution in [3.05, 3.63) is 57.9 Å². The fourth-order valence-corrected chi connectivity index (χ4v) is 3.84. The van der Waals surface area contributed by atoms with Crippen molar-refractivity contribution in [2.75, 3.05) is 6.61 Å². The first-order valence-electron chi connectivity index (χ1n) is 9.78. The summed E-state index contributed by atoms with van der Waals surface area (Å²) in [6.07, 6.45) is -3.26. The third kappa shape index (κ3) is 4.32. The number of hydrogen-bond donors (Lipinski definition) is 3. The Labute approximate surface area is 189 Å². The fraction of sp³-hybridized carbons (Fsp3) is 0.350. The molecule has 174 valence electrons. The topological polar surface area (TPSA) is 157 Å². The number of aromatic amines is 1. The Balaban J connectivity index is 1.53. The van der Waals surface area contributed by atoms with E-state index in [2.05, 4.69) is 15.0 Å². The average molecular weight is 481 g/mol. The molecular weight excluding hydrogens is 463 g/mol. The second kappa shape index (κ2) is 8.89. The Morgan fingerprint density at radius 1 is 1.30 bits per heavy atom. The molecule has 3 N–H and O–H groups in total. The predicted octanol–water partition coefficient (Wildman–Crippen LogP) is 1.57. The van der Waals surface area contributed by atoms with E-state index in [0.29, 0.717) is 5.56 Å². The van der Waals surface area contributed by atoms with Crippen LogP contribution in [0.15, 0.2) is 41.5 Å². The maximum absolute atomic E-state index is 14.8. The smallest absolute Gasteiger partial charge is 0.348 e. The number of aromatic nitrogens is 4. The first-order chi connectivity index (χ1) is 15.7. The number of aliphatic carboxylic acids is 2. The quantitative estimate of drug-likeness (QED) is 0.321. The normalized spacial score (nSPS) is 20.8. The van der Waals surface area contributed by atoms with Crippen molar-refractivity contribution >= 4 is 34.7 Å². The van der Waals surface area contributed by atoms with Gasteiger partial charge in [0.05, 0.1) is 19.0 Å². The molecule has 0 radical (unpaired) electrons. The van der Waals surface area contributed by atoms with Gasteiger partial charge in [0.2, 0.25) is 5.28 Å². The first-order valence-corrected chi connectivity index (χ1v) is 10.2. The largest absolute Gasteiger partial charge is 0.479 e. The van der Waals surface area contributed by atoms with Crippen LogP contribution in [0.3, 0.4) is 0 Å². The molecule has 2 aromatic heterocycles. The maximum atomic E-state index is 14.8. The van der Waals surface area contributed by atoms with Gasteiger partial charge in [-0.3, -0.25) is 14.3 Å². The third-order valence-corrected chi connectivity index (χ3v) is 5.49. The van der Waals surface area contributed by atoms with Gasteiger partial charge in [0.15, 0.2) is 17.4 Å². The number of rotatable bonds is 8. The molecule has 4 rings (SSSR count). The molecule has 1 fully saturated rings. The Bertz CT molecular complexity index is 1230. The van der Waals surface area contributed by atoms with Crippen molar-refractivity contribution in [2.45, 2.75) is 36.9 Å². The molecule has 3 unspecified atom stereocenters. The van der Waals surface area contributed by atoms with Gasteiger partial charge in [0.1, 0.15) is 6.17 Å². The standard InChI is InChI=1S/C20H18ClFN4O7/c21-19-24-14-13(15(27)25-19)23-9-26(14)16-12(22)6-11(33-16)8-32-20(17(28)29,18(30)31)7-10-4-2-1-3-5-10/h1-5,9,11-12,16H,6-8H2,(H,28,29)(H,30,31)(H,24,25,27). The lowest BCUT2D eigenvalue weighted by Crippen LogP contribution is -2.52. The number of benzene rings is 1. The Kier molecular flexibility index (Phi) is 6.15. The van der Waals surface area contributed by atoms with E-state index in [4.69, 9.17) is 21.1 Å². The zero-order valence-corrected chi connectivity index (χ0v) is 17.6. The number of hydrogen-bond acceptors (Lipinski definition) is 7. The number of fused-ring (bicyclic) bond motifs is 1. The second-order valence-electron chi connectivity index (χ2n) is 7.49. The van der Waals surface area contributed by atoms with Gasteiger partial charge in [-0.15, -0.1) is 0 Å².